The molecule has 4 rings (SSSR count). The monoisotopic (exact) mass is 477 g/mol. The summed E-state index contributed by atoms with van der Waals surface area (Å²) < 4.78 is 24.8. The van der Waals surface area contributed by atoms with Gasteiger partial charge in [0.1, 0.15) is 35.7 Å². The van der Waals surface area contributed by atoms with Gasteiger partial charge in [0.05, 0.1) is 6.67 Å². The number of alkyl halides is 1. The van der Waals surface area contributed by atoms with Crippen molar-refractivity contribution in [3.8, 4) is 23.0 Å². The SMILES string of the molecule is CCN(CCCF)CCOc1ccc(C2Oc3ccc(O)cc3C(C)=C2c2cccc(O)c2)cc1. The van der Waals surface area contributed by atoms with E-state index in [2.05, 4.69) is 11.8 Å². The van der Waals surface area contributed by atoms with Crippen LogP contribution in [0.5, 0.6) is 23.0 Å². The first kappa shape index (κ1) is 24.6. The van der Waals surface area contributed by atoms with Crippen molar-refractivity contribution < 1.29 is 24.1 Å². The standard InChI is InChI=1S/C29H32FNO4/c1-3-31(15-5-14-30)16-17-34-25-11-8-21(9-12-25)29-28(22-6-4-7-23(32)18-22)20(2)26-19-24(33)10-13-27(26)35-29/h4,6-13,18-19,29,32-33H,3,5,14-17H2,1-2H3. The molecule has 0 saturated heterocycles. The molecule has 0 amide bonds. The van der Waals surface area contributed by atoms with Crippen molar-refractivity contribution in [2.24, 2.45) is 0 Å². The van der Waals surface area contributed by atoms with E-state index in [1.54, 1.807) is 30.3 Å². The van der Waals surface area contributed by atoms with Crippen molar-refractivity contribution in [3.63, 3.8) is 0 Å². The Bertz CT molecular complexity index is 1180. The molecule has 6 heteroatoms. The van der Waals surface area contributed by atoms with Crippen LogP contribution in [-0.2, 0) is 0 Å². The van der Waals surface area contributed by atoms with Crippen LogP contribution in [-0.4, -0.2) is 48.0 Å². The van der Waals surface area contributed by atoms with Crippen LogP contribution < -0.4 is 9.47 Å². The van der Waals surface area contributed by atoms with Crippen LogP contribution in [0.25, 0.3) is 11.1 Å². The number of ether oxygens (including phenoxy) is 2. The van der Waals surface area contributed by atoms with Gasteiger partial charge < -0.3 is 24.6 Å². The molecule has 3 aromatic rings. The van der Waals surface area contributed by atoms with Gasteiger partial charge in [-0.25, -0.2) is 0 Å². The fraction of sp³-hybridized carbons (Fsp3) is 0.310. The molecule has 1 heterocycles. The van der Waals surface area contributed by atoms with Crippen LogP contribution in [0.15, 0.2) is 66.7 Å². The molecule has 1 atom stereocenters. The van der Waals surface area contributed by atoms with Gasteiger partial charge in [0.2, 0.25) is 0 Å². The van der Waals surface area contributed by atoms with Gasteiger partial charge in [-0.05, 0) is 79.1 Å². The maximum atomic E-state index is 12.5. The molecule has 0 radical (unpaired) electrons. The van der Waals surface area contributed by atoms with Gasteiger partial charge in [-0.15, -0.1) is 0 Å². The lowest BCUT2D eigenvalue weighted by Crippen LogP contribution is -2.29. The maximum Gasteiger partial charge on any atom is 0.150 e. The minimum Gasteiger partial charge on any atom is -0.508 e. The van der Waals surface area contributed by atoms with Crippen LogP contribution in [0.4, 0.5) is 4.39 Å². The minimum atomic E-state index is -0.390. The lowest BCUT2D eigenvalue weighted by molar-refractivity contribution is 0.209. The highest BCUT2D eigenvalue weighted by atomic mass is 19.1. The minimum absolute atomic E-state index is 0.174. The molecule has 0 fully saturated rings. The molecule has 0 aliphatic carbocycles. The third-order valence-electron chi connectivity index (χ3n) is 6.35. The predicted octanol–water partition coefficient (Wildman–Crippen LogP) is 6.22. The number of benzene rings is 3. The Morgan fingerprint density at radius 2 is 1.74 bits per heavy atom. The molecular weight excluding hydrogens is 445 g/mol. The normalized spacial score (nSPS) is 15.1. The van der Waals surface area contributed by atoms with Crippen LogP contribution in [0.3, 0.4) is 0 Å². The van der Waals surface area contributed by atoms with Crippen molar-refractivity contribution >= 4 is 11.1 Å². The molecule has 0 aromatic heterocycles. The number of nitrogens with zero attached hydrogens (tertiary/aromatic N) is 1. The Hall–Kier alpha value is -3.51. The third-order valence-corrected chi connectivity index (χ3v) is 6.35. The molecule has 1 aliphatic rings. The number of phenolic OH excluding ortho intramolecular Hbond substituents is 2. The topological polar surface area (TPSA) is 62.2 Å². The van der Waals surface area contributed by atoms with E-state index in [9.17, 15) is 14.6 Å². The summed E-state index contributed by atoms with van der Waals surface area (Å²) in [7, 11) is 0. The van der Waals surface area contributed by atoms with Crippen LogP contribution in [0.1, 0.15) is 43.1 Å². The number of fused-ring (bicyclic) bond motifs is 1. The molecular formula is C29H32FNO4. The molecule has 35 heavy (non-hydrogen) atoms. The van der Waals surface area contributed by atoms with Crippen molar-refractivity contribution in [2.75, 3.05) is 32.9 Å². The quantitative estimate of drug-likeness (QED) is 0.363. The summed E-state index contributed by atoms with van der Waals surface area (Å²) >= 11 is 0. The number of aromatic hydroxyl groups is 2. The van der Waals surface area contributed by atoms with Crippen LogP contribution in [0, 0.1) is 0 Å². The fourth-order valence-electron chi connectivity index (χ4n) is 4.46. The second-order valence-electron chi connectivity index (χ2n) is 8.66. The van der Waals surface area contributed by atoms with Crippen molar-refractivity contribution in [3.05, 3.63) is 83.4 Å². The molecule has 3 aromatic carbocycles. The lowest BCUT2D eigenvalue weighted by atomic mass is 9.86. The highest BCUT2D eigenvalue weighted by Crippen LogP contribution is 2.47. The van der Waals surface area contributed by atoms with Gasteiger partial charge in [-0.1, -0.05) is 31.2 Å². The molecule has 0 spiro atoms. The van der Waals surface area contributed by atoms with E-state index in [-0.39, 0.29) is 24.3 Å². The summed E-state index contributed by atoms with van der Waals surface area (Å²) in [5.74, 6) is 1.81. The Morgan fingerprint density at radius 1 is 0.971 bits per heavy atom. The van der Waals surface area contributed by atoms with Gasteiger partial charge in [0.15, 0.2) is 0 Å². The van der Waals surface area contributed by atoms with Gasteiger partial charge in [0, 0.05) is 24.2 Å². The molecule has 5 nitrogen and oxygen atoms in total. The van der Waals surface area contributed by atoms with E-state index < -0.39 is 0 Å². The number of hydrogen-bond acceptors (Lipinski definition) is 5. The first-order chi connectivity index (χ1) is 17.0. The summed E-state index contributed by atoms with van der Waals surface area (Å²) in [6.45, 7) is 6.65. The van der Waals surface area contributed by atoms with Gasteiger partial charge in [0.25, 0.3) is 0 Å². The zero-order valence-corrected chi connectivity index (χ0v) is 20.2. The van der Waals surface area contributed by atoms with E-state index in [0.717, 1.165) is 53.2 Å². The summed E-state index contributed by atoms with van der Waals surface area (Å²) in [6.07, 6.45) is 0.153. The number of rotatable bonds is 10. The smallest absolute Gasteiger partial charge is 0.150 e. The third kappa shape index (κ3) is 5.77. The van der Waals surface area contributed by atoms with Gasteiger partial charge >= 0.3 is 0 Å². The molecule has 1 aliphatic heterocycles. The fourth-order valence-corrected chi connectivity index (χ4v) is 4.46. The first-order valence-electron chi connectivity index (χ1n) is 12.0. The number of allylic oxidation sites excluding steroid dienone is 1. The van der Waals surface area contributed by atoms with Crippen molar-refractivity contribution in [1.29, 1.82) is 0 Å². The highest BCUT2D eigenvalue weighted by Gasteiger charge is 2.29. The largest absolute Gasteiger partial charge is 0.508 e. The van der Waals surface area contributed by atoms with Crippen molar-refractivity contribution in [1.82, 2.24) is 4.90 Å². The molecule has 1 unspecified atom stereocenters. The summed E-state index contributed by atoms with van der Waals surface area (Å²) in [4.78, 5) is 2.17. The maximum absolute atomic E-state index is 12.5. The van der Waals surface area contributed by atoms with Crippen LogP contribution in [0.2, 0.25) is 0 Å². The molecule has 0 saturated carbocycles. The summed E-state index contributed by atoms with van der Waals surface area (Å²) in [5, 5.41) is 20.1. The Balaban J connectivity index is 1.57. The summed E-state index contributed by atoms with van der Waals surface area (Å²) in [6, 6.07) is 20.1. The average molecular weight is 478 g/mol. The van der Waals surface area contributed by atoms with E-state index >= 15 is 0 Å². The zero-order chi connectivity index (χ0) is 24.8. The van der Waals surface area contributed by atoms with E-state index in [4.69, 9.17) is 9.47 Å². The number of likely N-dealkylation sites (N-methyl/N-ethyl adjacent to an activating group) is 1. The number of hydrogen-bond donors (Lipinski definition) is 2. The average Bonchev–Trinajstić information content (AvgIpc) is 2.86. The van der Waals surface area contributed by atoms with Crippen LogP contribution >= 0.6 is 0 Å². The Morgan fingerprint density at radius 3 is 2.46 bits per heavy atom. The lowest BCUT2D eigenvalue weighted by Gasteiger charge is -2.31. The van der Waals surface area contributed by atoms with Gasteiger partial charge in [-0.2, -0.15) is 0 Å². The van der Waals surface area contributed by atoms with E-state index in [1.807, 2.05) is 43.3 Å². The molecule has 0 bridgehead atoms. The highest BCUT2D eigenvalue weighted by molar-refractivity contribution is 5.95. The molecule has 184 valence electrons. The number of halogens is 1. The second-order valence-corrected chi connectivity index (χ2v) is 8.66. The Labute approximate surface area is 206 Å². The van der Waals surface area contributed by atoms with E-state index in [1.165, 1.54) is 0 Å². The first-order valence-corrected chi connectivity index (χ1v) is 12.0. The van der Waals surface area contributed by atoms with Crippen molar-refractivity contribution in [2.45, 2.75) is 26.4 Å². The predicted molar refractivity (Wildman–Crippen MR) is 137 cm³/mol. The Kier molecular flexibility index (Phi) is 7.93. The second kappa shape index (κ2) is 11.3. The summed E-state index contributed by atoms with van der Waals surface area (Å²) in [5.41, 5.74) is 4.54. The number of phenols is 2. The van der Waals surface area contributed by atoms with E-state index in [0.29, 0.717) is 18.8 Å². The molecule has 2 N–H and O–H groups in total. The van der Waals surface area contributed by atoms with Gasteiger partial charge in [-0.3, -0.25) is 4.39 Å². The zero-order valence-electron chi connectivity index (χ0n) is 20.2.